The molecule has 1 aromatic carbocycles. The molecule has 4 atom stereocenters. The second-order valence-corrected chi connectivity index (χ2v) is 8.34. The summed E-state index contributed by atoms with van der Waals surface area (Å²) >= 11 is 0. The van der Waals surface area contributed by atoms with Crippen LogP contribution in [-0.2, 0) is 32.9 Å². The van der Waals surface area contributed by atoms with E-state index in [4.69, 9.17) is 23.7 Å². The minimum absolute atomic E-state index is 0.231. The first-order chi connectivity index (χ1) is 13.6. The van der Waals surface area contributed by atoms with Crippen molar-refractivity contribution in [3.63, 3.8) is 0 Å². The van der Waals surface area contributed by atoms with Crippen LogP contribution in [-0.4, -0.2) is 54.8 Å². The summed E-state index contributed by atoms with van der Waals surface area (Å²) in [5.74, 6) is -2.43. The van der Waals surface area contributed by atoms with E-state index in [0.29, 0.717) is 0 Å². The molecule has 0 saturated carbocycles. The predicted octanol–water partition coefficient (Wildman–Crippen LogP) is 1.37. The van der Waals surface area contributed by atoms with E-state index in [2.05, 4.69) is 9.82 Å². The van der Waals surface area contributed by atoms with Gasteiger partial charge in [0.2, 0.25) is 0 Å². The van der Waals surface area contributed by atoms with Crippen LogP contribution in [0.25, 0.3) is 0 Å². The van der Waals surface area contributed by atoms with Crippen LogP contribution in [0.5, 0.6) is 5.75 Å². The van der Waals surface area contributed by atoms with E-state index in [1.807, 2.05) is 0 Å². The molecule has 0 aromatic heterocycles. The Kier molecular flexibility index (Phi) is 7.75. The molecule has 29 heavy (non-hydrogen) atoms. The van der Waals surface area contributed by atoms with E-state index in [-0.39, 0.29) is 5.75 Å². The van der Waals surface area contributed by atoms with Crippen molar-refractivity contribution >= 4 is 19.6 Å². The number of nitrogens with one attached hydrogen (secondary N) is 2. The molecule has 1 unspecified atom stereocenters. The second-order valence-electron chi connectivity index (χ2n) is 6.64. The highest BCUT2D eigenvalue weighted by atomic mass is 31.2. The molecule has 0 bridgehead atoms. The molecule has 12 heteroatoms. The van der Waals surface area contributed by atoms with E-state index in [9.17, 15) is 14.2 Å². The average molecular weight is 432 g/mol. The summed E-state index contributed by atoms with van der Waals surface area (Å²) in [5.41, 5.74) is 1.49. The van der Waals surface area contributed by atoms with E-state index in [1.165, 1.54) is 19.5 Å². The molecular formula is C17H25N2O9P. The molecule has 11 nitrogen and oxygen atoms in total. The van der Waals surface area contributed by atoms with Crippen LogP contribution in [0.4, 0.5) is 0 Å². The van der Waals surface area contributed by atoms with Crippen molar-refractivity contribution in [3.05, 3.63) is 30.3 Å². The number of hydrogen-bond acceptors (Lipinski definition) is 9. The number of carbonyl (C=O) groups is 2. The summed E-state index contributed by atoms with van der Waals surface area (Å²) in [5, 5.41) is 11.4. The molecule has 0 aliphatic carbocycles. The van der Waals surface area contributed by atoms with Crippen LogP contribution in [0.15, 0.2) is 30.3 Å². The lowest BCUT2D eigenvalue weighted by molar-refractivity contribution is -0.160. The van der Waals surface area contributed by atoms with Gasteiger partial charge in [-0.3, -0.25) is 19.3 Å². The number of esters is 1. The van der Waals surface area contributed by atoms with Crippen LogP contribution in [0.3, 0.4) is 0 Å². The van der Waals surface area contributed by atoms with Crippen molar-refractivity contribution in [2.75, 3.05) is 13.7 Å². The Hall–Kier alpha value is -2.01. The van der Waals surface area contributed by atoms with Crippen molar-refractivity contribution < 1.29 is 42.6 Å². The summed E-state index contributed by atoms with van der Waals surface area (Å²) in [6.07, 6.45) is -2.21. The highest BCUT2D eigenvalue weighted by Gasteiger charge is 2.46. The maximum Gasteiger partial charge on any atom is 0.459 e. The number of rotatable bonds is 9. The Labute approximate surface area is 168 Å². The summed E-state index contributed by atoms with van der Waals surface area (Å²) in [4.78, 5) is 23.6. The third kappa shape index (κ3) is 6.49. The first kappa shape index (κ1) is 23.3. The fourth-order valence-electron chi connectivity index (χ4n) is 2.59. The van der Waals surface area contributed by atoms with Crippen molar-refractivity contribution in [1.82, 2.24) is 10.6 Å². The number of hydrogen-bond donors (Lipinski definition) is 3. The van der Waals surface area contributed by atoms with Gasteiger partial charge in [0.1, 0.15) is 17.9 Å². The van der Waals surface area contributed by atoms with Gasteiger partial charge in [0, 0.05) is 0 Å². The van der Waals surface area contributed by atoms with E-state index >= 15 is 0 Å². The van der Waals surface area contributed by atoms with Gasteiger partial charge in [0.15, 0.2) is 11.9 Å². The predicted molar refractivity (Wildman–Crippen MR) is 99.0 cm³/mol. The Bertz CT molecular complexity index is 759. The lowest BCUT2D eigenvalue weighted by Gasteiger charge is -2.24. The van der Waals surface area contributed by atoms with Crippen LogP contribution in [0.2, 0.25) is 0 Å². The molecule has 1 saturated heterocycles. The van der Waals surface area contributed by atoms with Gasteiger partial charge in [-0.25, -0.2) is 10.0 Å². The summed E-state index contributed by atoms with van der Waals surface area (Å²) in [6.45, 7) is 4.17. The smallest absolute Gasteiger partial charge is 0.459 e. The van der Waals surface area contributed by atoms with Gasteiger partial charge in [-0.05, 0) is 32.9 Å². The monoisotopic (exact) mass is 432 g/mol. The third-order valence-electron chi connectivity index (χ3n) is 3.84. The number of methoxy groups -OCH3 is 1. The molecule has 0 spiro atoms. The van der Waals surface area contributed by atoms with Crippen molar-refractivity contribution in [2.45, 2.75) is 44.8 Å². The second kappa shape index (κ2) is 9.66. The van der Waals surface area contributed by atoms with E-state index in [1.54, 1.807) is 44.2 Å². The summed E-state index contributed by atoms with van der Waals surface area (Å²) < 4.78 is 39.8. The van der Waals surface area contributed by atoms with Gasteiger partial charge >= 0.3 is 13.7 Å². The quantitative estimate of drug-likeness (QED) is 0.227. The van der Waals surface area contributed by atoms with Crippen molar-refractivity contribution in [3.8, 4) is 5.75 Å². The van der Waals surface area contributed by atoms with Gasteiger partial charge in [-0.2, -0.15) is 5.09 Å². The molecule has 1 amide bonds. The molecule has 3 N–H and O–H groups in total. The fourth-order valence-corrected chi connectivity index (χ4v) is 4.09. The molecule has 2 rings (SSSR count). The first-order valence-corrected chi connectivity index (χ1v) is 10.3. The lowest BCUT2D eigenvalue weighted by Crippen LogP contribution is -2.42. The molecule has 1 aliphatic rings. The van der Waals surface area contributed by atoms with Gasteiger partial charge in [-0.15, -0.1) is 0 Å². The Balaban J connectivity index is 2.17. The standard InChI is InChI=1S/C17H25N2O9P/c1-11(16(21)24-4)19-29(23,28-12-8-6-5-7-9-12)25-10-13-14(15(20)18-22)27-17(2,3)26-13/h5-9,11,13-14,22H,10H2,1-4H3,(H,18,20)(H,19,23)/t11-,13-,14-,29?/m1/s1. The maximum absolute atomic E-state index is 13.3. The van der Waals surface area contributed by atoms with Gasteiger partial charge in [-0.1, -0.05) is 18.2 Å². The third-order valence-corrected chi connectivity index (χ3v) is 5.48. The van der Waals surface area contributed by atoms with Crippen LogP contribution < -0.4 is 15.1 Å². The number of para-hydroxylation sites is 1. The number of benzene rings is 1. The lowest BCUT2D eigenvalue weighted by atomic mass is 10.2. The molecule has 0 radical (unpaired) electrons. The number of amides is 1. The molecule has 1 aliphatic heterocycles. The first-order valence-electron chi connectivity index (χ1n) is 8.73. The normalized spacial score (nSPS) is 23.6. The average Bonchev–Trinajstić information content (AvgIpc) is 3.00. The fraction of sp³-hybridized carbons (Fsp3) is 0.529. The highest BCUT2D eigenvalue weighted by molar-refractivity contribution is 7.52. The molecule has 162 valence electrons. The number of hydroxylamine groups is 1. The van der Waals surface area contributed by atoms with Crippen molar-refractivity contribution in [1.29, 1.82) is 0 Å². The maximum atomic E-state index is 13.3. The zero-order chi connectivity index (χ0) is 21.7. The van der Waals surface area contributed by atoms with E-state index < -0.39 is 50.3 Å². The van der Waals surface area contributed by atoms with E-state index in [0.717, 1.165) is 0 Å². The summed E-state index contributed by atoms with van der Waals surface area (Å²) in [7, 11) is -2.92. The minimum Gasteiger partial charge on any atom is -0.468 e. The number of carbonyl (C=O) groups excluding carboxylic acids is 2. The highest BCUT2D eigenvalue weighted by Crippen LogP contribution is 2.45. The zero-order valence-electron chi connectivity index (χ0n) is 16.5. The minimum atomic E-state index is -4.10. The molecule has 1 aromatic rings. The topological polar surface area (TPSA) is 142 Å². The summed E-state index contributed by atoms with van der Waals surface area (Å²) in [6, 6.07) is 7.18. The Morgan fingerprint density at radius 2 is 1.93 bits per heavy atom. The van der Waals surface area contributed by atoms with Crippen LogP contribution >= 0.6 is 7.75 Å². The zero-order valence-corrected chi connectivity index (χ0v) is 17.4. The molecular weight excluding hydrogens is 407 g/mol. The largest absolute Gasteiger partial charge is 0.468 e. The van der Waals surface area contributed by atoms with Gasteiger partial charge < -0.3 is 18.7 Å². The van der Waals surface area contributed by atoms with Gasteiger partial charge in [0.25, 0.3) is 5.91 Å². The Morgan fingerprint density at radius 1 is 1.28 bits per heavy atom. The number of ether oxygens (including phenoxy) is 3. The Morgan fingerprint density at radius 3 is 2.52 bits per heavy atom. The van der Waals surface area contributed by atoms with Crippen molar-refractivity contribution in [2.24, 2.45) is 0 Å². The van der Waals surface area contributed by atoms with Crippen LogP contribution in [0.1, 0.15) is 20.8 Å². The van der Waals surface area contributed by atoms with Gasteiger partial charge in [0.05, 0.1) is 13.7 Å². The molecule has 1 fully saturated rings. The van der Waals surface area contributed by atoms with Crippen LogP contribution in [0, 0.1) is 0 Å². The molecule has 1 heterocycles. The SMILES string of the molecule is COC(=O)[C@@H](C)NP(=O)(OC[C@H]1OC(C)(C)O[C@H]1C(=O)NO)Oc1ccccc1.